The summed E-state index contributed by atoms with van der Waals surface area (Å²) in [5.41, 5.74) is 2.13. The number of aryl methyl sites for hydroxylation is 1. The van der Waals surface area contributed by atoms with Gasteiger partial charge in [-0.25, -0.2) is 4.79 Å². The van der Waals surface area contributed by atoms with Gasteiger partial charge in [-0.3, -0.25) is 24.0 Å². The monoisotopic (exact) mass is 372 g/mol. The fraction of sp³-hybridized carbons (Fsp3) is 0.474. The molecule has 8 heteroatoms. The van der Waals surface area contributed by atoms with Crippen LogP contribution in [-0.2, 0) is 21.4 Å². The molecule has 1 aromatic carbocycles. The maximum Gasteiger partial charge on any atom is 0.329 e. The fourth-order valence-electron chi connectivity index (χ4n) is 4.18. The zero-order valence-electron chi connectivity index (χ0n) is 15.2. The average molecular weight is 372 g/mol. The summed E-state index contributed by atoms with van der Waals surface area (Å²) in [6.45, 7) is 1.50. The van der Waals surface area contributed by atoms with E-state index in [-0.39, 0.29) is 25.4 Å². The second-order valence-corrected chi connectivity index (χ2v) is 7.28. The molecule has 2 aliphatic heterocycles. The lowest BCUT2D eigenvalue weighted by Gasteiger charge is -2.32. The predicted octanol–water partition coefficient (Wildman–Crippen LogP) is 0.979. The molecule has 1 aromatic heterocycles. The lowest BCUT2D eigenvalue weighted by molar-refractivity contribution is -0.135. The topological polar surface area (TPSA) is 93.4 Å². The summed E-state index contributed by atoms with van der Waals surface area (Å²) >= 11 is 0. The first kappa shape index (κ1) is 17.5. The van der Waals surface area contributed by atoms with Gasteiger partial charge in [-0.1, -0.05) is 6.07 Å². The van der Waals surface area contributed by atoms with Crippen LogP contribution in [-0.4, -0.2) is 40.3 Å². The van der Waals surface area contributed by atoms with Gasteiger partial charge >= 0.3 is 5.69 Å². The number of amides is 2. The van der Waals surface area contributed by atoms with Crippen molar-refractivity contribution in [1.82, 2.24) is 14.5 Å². The van der Waals surface area contributed by atoms with E-state index in [2.05, 4.69) is 10.2 Å². The van der Waals surface area contributed by atoms with E-state index in [1.165, 1.54) is 4.57 Å². The highest BCUT2D eigenvalue weighted by Gasteiger charge is 2.32. The molecule has 144 valence electrons. The van der Waals surface area contributed by atoms with Gasteiger partial charge in [0.25, 0.3) is 0 Å². The highest BCUT2D eigenvalue weighted by Crippen LogP contribution is 2.31. The van der Waals surface area contributed by atoms with E-state index in [0.29, 0.717) is 11.9 Å². The van der Waals surface area contributed by atoms with Crippen LogP contribution in [0.4, 0.5) is 5.69 Å². The number of benzene rings is 1. The van der Waals surface area contributed by atoms with Crippen LogP contribution in [0.3, 0.4) is 0 Å². The molecule has 27 heavy (non-hydrogen) atoms. The third kappa shape index (κ3) is 2.85. The number of hydrogen-bond acceptors (Lipinski definition) is 5. The Morgan fingerprint density at radius 2 is 1.89 bits per heavy atom. The van der Waals surface area contributed by atoms with E-state index in [4.69, 9.17) is 0 Å². The maximum atomic E-state index is 12.9. The largest absolute Gasteiger partial charge is 0.370 e. The number of carbonyl (C=O) groups is 3. The first-order valence-corrected chi connectivity index (χ1v) is 9.25. The normalized spacial score (nSPS) is 21.5. The predicted molar refractivity (Wildman–Crippen MR) is 102 cm³/mol. The summed E-state index contributed by atoms with van der Waals surface area (Å²) in [4.78, 5) is 49.9. The molecule has 8 nitrogen and oxygen atoms in total. The van der Waals surface area contributed by atoms with E-state index in [1.54, 1.807) is 11.6 Å². The van der Waals surface area contributed by atoms with Crippen LogP contribution in [0.25, 0.3) is 11.0 Å². The number of carbonyl (C=O) groups excluding carboxylic acids is 3. The first-order valence-electron chi connectivity index (χ1n) is 9.25. The van der Waals surface area contributed by atoms with Crippen LogP contribution in [0.2, 0.25) is 0 Å². The molecule has 1 N–H and O–H groups in total. The van der Waals surface area contributed by atoms with Gasteiger partial charge in [-0.15, -0.1) is 0 Å². The molecule has 3 heterocycles. The third-order valence-electron chi connectivity index (χ3n) is 5.68. The molecule has 0 aliphatic carbocycles. The van der Waals surface area contributed by atoms with Crippen LogP contribution in [0.15, 0.2) is 23.0 Å². The number of para-hydroxylation sites is 1. The van der Waals surface area contributed by atoms with Crippen LogP contribution < -0.4 is 15.9 Å². The number of fused-ring (bicyclic) bond motifs is 1. The minimum Gasteiger partial charge on any atom is -0.370 e. The van der Waals surface area contributed by atoms with Crippen molar-refractivity contribution >= 4 is 34.8 Å². The number of piperidine rings is 2. The van der Waals surface area contributed by atoms with Gasteiger partial charge in [-0.2, -0.15) is 0 Å². The Morgan fingerprint density at radius 1 is 1.15 bits per heavy atom. The third-order valence-corrected chi connectivity index (χ3v) is 5.68. The smallest absolute Gasteiger partial charge is 0.329 e. The number of imidazole rings is 1. The molecule has 1 unspecified atom stereocenters. The molecule has 2 saturated heterocycles. The Kier molecular flexibility index (Phi) is 4.33. The molecule has 0 radical (unpaired) electrons. The van der Waals surface area contributed by atoms with Crippen LogP contribution in [0.1, 0.15) is 33.2 Å². The summed E-state index contributed by atoms with van der Waals surface area (Å²) in [5.74, 6) is -0.640. The van der Waals surface area contributed by atoms with Crippen molar-refractivity contribution in [2.45, 2.75) is 31.7 Å². The lowest BCUT2D eigenvalue weighted by Crippen LogP contribution is -2.44. The number of nitrogens with zero attached hydrogens (tertiary/aromatic N) is 3. The molecule has 0 spiro atoms. The van der Waals surface area contributed by atoms with E-state index in [9.17, 15) is 19.2 Å². The summed E-state index contributed by atoms with van der Waals surface area (Å²) in [6.07, 6.45) is 3.15. The zero-order valence-corrected chi connectivity index (χ0v) is 15.2. The van der Waals surface area contributed by atoms with Crippen molar-refractivity contribution in [2.75, 3.05) is 18.0 Å². The minimum atomic E-state index is -0.685. The average Bonchev–Trinajstić information content (AvgIpc) is 2.93. The summed E-state index contributed by atoms with van der Waals surface area (Å²) < 4.78 is 3.07. The van der Waals surface area contributed by atoms with E-state index >= 15 is 0 Å². The van der Waals surface area contributed by atoms with Crippen molar-refractivity contribution < 1.29 is 15.8 Å². The Balaban J connectivity index is 0.00000225. The van der Waals surface area contributed by atoms with Crippen molar-refractivity contribution in [3.05, 3.63) is 28.7 Å². The van der Waals surface area contributed by atoms with Gasteiger partial charge in [0, 0.05) is 33.9 Å². The first-order chi connectivity index (χ1) is 13.0. The van der Waals surface area contributed by atoms with Crippen molar-refractivity contribution in [3.8, 4) is 0 Å². The van der Waals surface area contributed by atoms with Gasteiger partial charge in [0.05, 0.1) is 16.7 Å². The van der Waals surface area contributed by atoms with Crippen molar-refractivity contribution in [1.29, 1.82) is 0 Å². The highest BCUT2D eigenvalue weighted by molar-refractivity contribution is 6.00. The molecule has 2 fully saturated rings. The summed E-state index contributed by atoms with van der Waals surface area (Å²) in [5, 5.41) is 2.33. The van der Waals surface area contributed by atoms with Crippen molar-refractivity contribution in [3.63, 3.8) is 0 Å². The van der Waals surface area contributed by atoms with Crippen molar-refractivity contribution in [2.24, 2.45) is 13.0 Å². The summed E-state index contributed by atoms with van der Waals surface area (Å²) in [7, 11) is 1.70. The van der Waals surface area contributed by atoms with E-state index < -0.39 is 11.9 Å². The molecule has 0 saturated carbocycles. The fourth-order valence-corrected chi connectivity index (χ4v) is 4.18. The number of anilines is 1. The SMILES string of the molecule is Cn1c(=O)n(C2CCC(=O)NC2=O)c2cccc(N3CCC(C=O)CC3)c21.[HH]. The Morgan fingerprint density at radius 3 is 2.56 bits per heavy atom. The molecular formula is C19H24N4O4. The molecule has 2 aromatic rings. The van der Waals surface area contributed by atoms with Gasteiger partial charge in [0.15, 0.2) is 0 Å². The highest BCUT2D eigenvalue weighted by atomic mass is 16.2. The van der Waals surface area contributed by atoms with Gasteiger partial charge in [-0.05, 0) is 31.4 Å². The van der Waals surface area contributed by atoms with Gasteiger partial charge in [0.2, 0.25) is 11.8 Å². The second-order valence-electron chi connectivity index (χ2n) is 7.28. The molecule has 4 rings (SSSR count). The molecule has 1 atom stereocenters. The Hall–Kier alpha value is -2.90. The van der Waals surface area contributed by atoms with Gasteiger partial charge in [0.1, 0.15) is 12.3 Å². The standard InChI is InChI=1S/C19H22N4O4.H2/c1-21-17-13(22-9-7-12(11-24)8-10-22)3-2-4-14(17)23(19(21)27)15-5-6-16(25)20-18(15)26;/h2-4,11-12,15H,5-10H2,1H3,(H,20,25,26);1H. The molecule has 0 bridgehead atoms. The number of nitrogens with one attached hydrogen (secondary N) is 1. The maximum absolute atomic E-state index is 12.9. The van der Waals surface area contributed by atoms with E-state index in [1.807, 2.05) is 18.2 Å². The summed E-state index contributed by atoms with van der Waals surface area (Å²) in [6, 6.07) is 5.00. The molecule has 2 aliphatic rings. The van der Waals surface area contributed by atoms with Crippen LogP contribution >= 0.6 is 0 Å². The molecule has 2 amide bonds. The minimum absolute atomic E-state index is 0. The number of aldehydes is 1. The quantitative estimate of drug-likeness (QED) is 0.640. The Bertz CT molecular complexity index is 988. The Labute approximate surface area is 157 Å². The lowest BCUT2D eigenvalue weighted by atomic mass is 9.98. The number of aromatic nitrogens is 2. The van der Waals surface area contributed by atoms with Gasteiger partial charge < -0.3 is 9.69 Å². The zero-order chi connectivity index (χ0) is 19.1. The van der Waals surface area contributed by atoms with E-state index in [0.717, 1.165) is 43.4 Å². The second kappa shape index (κ2) is 6.68. The van der Waals surface area contributed by atoms with Crippen LogP contribution in [0, 0.1) is 5.92 Å². The van der Waals surface area contributed by atoms with Crippen LogP contribution in [0.5, 0.6) is 0 Å². The number of hydrogen-bond donors (Lipinski definition) is 1. The number of rotatable bonds is 3. The molecular weight excluding hydrogens is 348 g/mol. The number of imide groups is 1.